The molecular weight excluding hydrogens is 324 g/mol. The first-order valence-electron chi connectivity index (χ1n) is 7.99. The molecule has 0 unspecified atom stereocenters. The zero-order valence-corrected chi connectivity index (χ0v) is 14.3. The van der Waals surface area contributed by atoms with Crippen molar-refractivity contribution < 1.29 is 14.3 Å². The summed E-state index contributed by atoms with van der Waals surface area (Å²) in [6.07, 6.45) is 1.51. The molecule has 1 N–H and O–H groups in total. The first kappa shape index (κ1) is 16.5. The Morgan fingerprint density at radius 1 is 1.33 bits per heavy atom. The van der Waals surface area contributed by atoms with Crippen molar-refractivity contribution in [3.8, 4) is 5.75 Å². The van der Waals surface area contributed by atoms with Crippen LogP contribution in [0.2, 0.25) is 0 Å². The second kappa shape index (κ2) is 7.49. The lowest BCUT2D eigenvalue weighted by atomic mass is 10.2. The highest BCUT2D eigenvalue weighted by Gasteiger charge is 2.21. The molecule has 0 spiro atoms. The van der Waals surface area contributed by atoms with Crippen LogP contribution < -0.4 is 15.0 Å². The van der Waals surface area contributed by atoms with Crippen LogP contribution >= 0.6 is 11.3 Å². The molecular formula is C18H20N2O3S. The highest BCUT2D eigenvalue weighted by molar-refractivity contribution is 7.10. The van der Waals surface area contributed by atoms with Gasteiger partial charge in [-0.3, -0.25) is 9.59 Å². The van der Waals surface area contributed by atoms with E-state index in [1.54, 1.807) is 28.4 Å². The molecule has 24 heavy (non-hydrogen) atoms. The number of carbonyl (C=O) groups is 2. The van der Waals surface area contributed by atoms with Gasteiger partial charge in [0.1, 0.15) is 5.75 Å². The summed E-state index contributed by atoms with van der Waals surface area (Å²) < 4.78 is 5.52. The van der Waals surface area contributed by atoms with Crippen LogP contribution in [-0.2, 0) is 9.59 Å². The lowest BCUT2D eigenvalue weighted by molar-refractivity contribution is -0.123. The van der Waals surface area contributed by atoms with Crippen LogP contribution in [0.3, 0.4) is 0 Å². The van der Waals surface area contributed by atoms with E-state index in [1.807, 2.05) is 36.6 Å². The molecule has 1 aliphatic rings. The van der Waals surface area contributed by atoms with E-state index in [2.05, 4.69) is 5.32 Å². The largest absolute Gasteiger partial charge is 0.484 e. The molecule has 0 saturated carbocycles. The molecule has 1 atom stereocenters. The van der Waals surface area contributed by atoms with Gasteiger partial charge in [-0.1, -0.05) is 6.07 Å². The van der Waals surface area contributed by atoms with Crippen molar-refractivity contribution in [3.05, 3.63) is 46.7 Å². The lowest BCUT2D eigenvalue weighted by Crippen LogP contribution is -2.30. The molecule has 5 nitrogen and oxygen atoms in total. The van der Waals surface area contributed by atoms with Gasteiger partial charge in [-0.05, 0) is 49.1 Å². The van der Waals surface area contributed by atoms with Crippen LogP contribution in [0.15, 0.2) is 41.8 Å². The Balaban J connectivity index is 1.49. The van der Waals surface area contributed by atoms with Crippen LogP contribution in [0, 0.1) is 0 Å². The van der Waals surface area contributed by atoms with Gasteiger partial charge in [-0.2, -0.15) is 0 Å². The molecule has 1 fully saturated rings. The predicted molar refractivity (Wildman–Crippen MR) is 94.4 cm³/mol. The quantitative estimate of drug-likeness (QED) is 0.876. The number of nitrogens with one attached hydrogen (secondary N) is 1. The number of nitrogens with zero attached hydrogens (tertiary/aromatic N) is 1. The standard InChI is InChI=1S/C18H20N2O3S/c1-13(16-4-3-11-24-16)19-17(21)12-23-15-8-6-14(7-9-15)20-10-2-5-18(20)22/h3-4,6-9,11,13H,2,5,10,12H2,1H3,(H,19,21)/t13-/m0/s1. The molecule has 1 aromatic carbocycles. The molecule has 2 heterocycles. The fourth-order valence-electron chi connectivity index (χ4n) is 2.68. The number of amides is 2. The van der Waals surface area contributed by atoms with Crippen molar-refractivity contribution >= 4 is 28.8 Å². The topological polar surface area (TPSA) is 58.6 Å². The van der Waals surface area contributed by atoms with Gasteiger partial charge >= 0.3 is 0 Å². The molecule has 0 radical (unpaired) electrons. The molecule has 6 heteroatoms. The summed E-state index contributed by atoms with van der Waals surface area (Å²) >= 11 is 1.61. The van der Waals surface area contributed by atoms with Crippen LogP contribution in [-0.4, -0.2) is 25.0 Å². The van der Waals surface area contributed by atoms with Crippen molar-refractivity contribution in [1.82, 2.24) is 5.32 Å². The van der Waals surface area contributed by atoms with E-state index >= 15 is 0 Å². The zero-order chi connectivity index (χ0) is 16.9. The first-order valence-corrected chi connectivity index (χ1v) is 8.87. The predicted octanol–water partition coefficient (Wildman–Crippen LogP) is 3.13. The summed E-state index contributed by atoms with van der Waals surface area (Å²) in [7, 11) is 0. The van der Waals surface area contributed by atoms with E-state index in [-0.39, 0.29) is 24.5 Å². The number of anilines is 1. The van der Waals surface area contributed by atoms with E-state index in [0.29, 0.717) is 12.2 Å². The van der Waals surface area contributed by atoms with Gasteiger partial charge < -0.3 is 15.0 Å². The Kier molecular flexibility index (Phi) is 5.15. The zero-order valence-electron chi connectivity index (χ0n) is 13.5. The van der Waals surface area contributed by atoms with Gasteiger partial charge in [0.2, 0.25) is 5.91 Å². The first-order chi connectivity index (χ1) is 11.6. The summed E-state index contributed by atoms with van der Waals surface area (Å²) in [6.45, 7) is 2.69. The van der Waals surface area contributed by atoms with Crippen LogP contribution in [0.1, 0.15) is 30.7 Å². The van der Waals surface area contributed by atoms with E-state index in [4.69, 9.17) is 4.74 Å². The molecule has 2 aromatic rings. The average Bonchev–Trinajstić information content (AvgIpc) is 3.25. The minimum absolute atomic E-state index is 0.0235. The molecule has 126 valence electrons. The number of thiophene rings is 1. The summed E-state index contributed by atoms with van der Waals surface area (Å²) in [5, 5.41) is 4.90. The fourth-order valence-corrected chi connectivity index (χ4v) is 3.42. The van der Waals surface area contributed by atoms with Gasteiger partial charge in [-0.15, -0.1) is 11.3 Å². The van der Waals surface area contributed by atoms with Gasteiger partial charge in [0, 0.05) is 23.5 Å². The number of carbonyl (C=O) groups excluding carboxylic acids is 2. The van der Waals surface area contributed by atoms with Gasteiger partial charge in [0.15, 0.2) is 6.61 Å². The summed E-state index contributed by atoms with van der Waals surface area (Å²) in [6, 6.07) is 11.2. The van der Waals surface area contributed by atoms with Crippen LogP contribution in [0.4, 0.5) is 5.69 Å². The third-order valence-electron chi connectivity index (χ3n) is 3.94. The van der Waals surface area contributed by atoms with Gasteiger partial charge in [0.25, 0.3) is 5.91 Å². The van der Waals surface area contributed by atoms with Gasteiger partial charge in [-0.25, -0.2) is 0 Å². The Bertz CT molecular complexity index is 698. The minimum Gasteiger partial charge on any atom is -0.484 e. The maximum atomic E-state index is 12.0. The third-order valence-corrected chi connectivity index (χ3v) is 4.99. The normalized spacial score (nSPS) is 15.4. The average molecular weight is 344 g/mol. The van der Waals surface area contributed by atoms with E-state index < -0.39 is 0 Å². The van der Waals surface area contributed by atoms with Crippen molar-refractivity contribution in [2.24, 2.45) is 0 Å². The highest BCUT2D eigenvalue weighted by atomic mass is 32.1. The Morgan fingerprint density at radius 3 is 2.75 bits per heavy atom. The van der Waals surface area contributed by atoms with Crippen molar-refractivity contribution in [1.29, 1.82) is 0 Å². The summed E-state index contributed by atoms with van der Waals surface area (Å²) in [4.78, 5) is 26.6. The van der Waals surface area contributed by atoms with Crippen molar-refractivity contribution in [3.63, 3.8) is 0 Å². The second-order valence-corrected chi connectivity index (χ2v) is 6.72. The number of hydrogen-bond acceptors (Lipinski definition) is 4. The minimum atomic E-state index is -0.158. The molecule has 0 aliphatic carbocycles. The molecule has 0 bridgehead atoms. The second-order valence-electron chi connectivity index (χ2n) is 5.74. The number of hydrogen-bond donors (Lipinski definition) is 1. The number of rotatable bonds is 6. The summed E-state index contributed by atoms with van der Waals surface area (Å²) in [5.74, 6) is 0.615. The molecule has 1 aromatic heterocycles. The number of ether oxygens (including phenoxy) is 1. The fraction of sp³-hybridized carbons (Fsp3) is 0.333. The van der Waals surface area contributed by atoms with Crippen LogP contribution in [0.25, 0.3) is 0 Å². The summed E-state index contributed by atoms with van der Waals surface area (Å²) in [5.41, 5.74) is 0.876. The van der Waals surface area contributed by atoms with Crippen molar-refractivity contribution in [2.75, 3.05) is 18.1 Å². The number of benzene rings is 1. The Hall–Kier alpha value is -2.34. The monoisotopic (exact) mass is 344 g/mol. The maximum Gasteiger partial charge on any atom is 0.258 e. The smallest absolute Gasteiger partial charge is 0.258 e. The molecule has 3 rings (SSSR count). The Morgan fingerprint density at radius 2 is 2.12 bits per heavy atom. The van der Waals surface area contributed by atoms with E-state index in [0.717, 1.165) is 23.5 Å². The highest BCUT2D eigenvalue weighted by Crippen LogP contribution is 2.24. The third kappa shape index (κ3) is 3.94. The molecule has 1 saturated heterocycles. The molecule has 2 amide bonds. The SMILES string of the molecule is C[C@H](NC(=O)COc1ccc(N2CCCC2=O)cc1)c1cccs1. The lowest BCUT2D eigenvalue weighted by Gasteiger charge is -2.16. The van der Waals surface area contributed by atoms with Crippen molar-refractivity contribution in [2.45, 2.75) is 25.8 Å². The van der Waals surface area contributed by atoms with E-state index in [1.165, 1.54) is 0 Å². The Labute approximate surface area is 145 Å². The molecule has 1 aliphatic heterocycles. The van der Waals surface area contributed by atoms with Gasteiger partial charge in [0.05, 0.1) is 6.04 Å². The van der Waals surface area contributed by atoms with E-state index in [9.17, 15) is 9.59 Å². The van der Waals surface area contributed by atoms with Crippen LogP contribution in [0.5, 0.6) is 5.75 Å². The maximum absolute atomic E-state index is 12.0.